The van der Waals surface area contributed by atoms with Gasteiger partial charge in [-0.1, -0.05) is 19.1 Å². The van der Waals surface area contributed by atoms with E-state index in [1.165, 1.54) is 30.6 Å². The summed E-state index contributed by atoms with van der Waals surface area (Å²) in [6.07, 6.45) is -2.60. The monoisotopic (exact) mass is 379 g/mol. The van der Waals surface area contributed by atoms with E-state index in [1.807, 2.05) is 6.92 Å². The van der Waals surface area contributed by atoms with Gasteiger partial charge in [0.05, 0.1) is 12.7 Å². The van der Waals surface area contributed by atoms with Crippen LogP contribution in [0.25, 0.3) is 10.7 Å². The van der Waals surface area contributed by atoms with Crippen LogP contribution in [-0.2, 0) is 6.18 Å². The average molecular weight is 379 g/mol. The maximum Gasteiger partial charge on any atom is 0.416 e. The van der Waals surface area contributed by atoms with Gasteiger partial charge >= 0.3 is 6.18 Å². The van der Waals surface area contributed by atoms with Crippen LogP contribution in [-0.4, -0.2) is 22.1 Å². The Morgan fingerprint density at radius 1 is 1.12 bits per heavy atom. The van der Waals surface area contributed by atoms with Gasteiger partial charge in [-0.3, -0.25) is 0 Å². The molecule has 1 aromatic carbocycles. The molecule has 0 saturated heterocycles. The van der Waals surface area contributed by atoms with Gasteiger partial charge in [-0.25, -0.2) is 9.97 Å². The fraction of sp³-hybridized carbons (Fsp3) is 0.278. The van der Waals surface area contributed by atoms with Crippen molar-refractivity contribution in [2.45, 2.75) is 25.9 Å². The number of nitrogens with zero attached hydrogens (tertiary/aromatic N) is 3. The molecule has 8 heteroatoms. The zero-order valence-corrected chi connectivity index (χ0v) is 15.1. The highest BCUT2D eigenvalue weighted by molar-refractivity contribution is 7.15. The molecular weight excluding hydrogens is 363 g/mol. The van der Waals surface area contributed by atoms with Crippen LogP contribution < -0.4 is 4.74 Å². The first-order chi connectivity index (χ1) is 12.3. The summed E-state index contributed by atoms with van der Waals surface area (Å²) in [7, 11) is 1.53. The Bertz CT molecular complexity index is 907. The van der Waals surface area contributed by atoms with E-state index in [-0.39, 0.29) is 5.92 Å². The molecule has 0 spiro atoms. The van der Waals surface area contributed by atoms with E-state index in [9.17, 15) is 13.2 Å². The second-order valence-corrected chi connectivity index (χ2v) is 6.81. The van der Waals surface area contributed by atoms with Crippen LogP contribution in [0.15, 0.2) is 36.5 Å². The van der Waals surface area contributed by atoms with Crippen LogP contribution in [0.4, 0.5) is 13.2 Å². The average Bonchev–Trinajstić information content (AvgIpc) is 3.10. The number of hydrogen-bond acceptors (Lipinski definition) is 5. The first-order valence-electron chi connectivity index (χ1n) is 7.81. The van der Waals surface area contributed by atoms with Crippen LogP contribution >= 0.6 is 11.3 Å². The van der Waals surface area contributed by atoms with Crippen LogP contribution in [0.3, 0.4) is 0 Å². The lowest BCUT2D eigenvalue weighted by atomic mass is 9.99. The van der Waals surface area contributed by atoms with Crippen molar-refractivity contribution in [1.82, 2.24) is 15.0 Å². The maximum absolute atomic E-state index is 12.7. The van der Waals surface area contributed by atoms with Crippen molar-refractivity contribution >= 4 is 11.3 Å². The molecule has 4 nitrogen and oxygen atoms in total. The van der Waals surface area contributed by atoms with Gasteiger partial charge in [-0.2, -0.15) is 18.2 Å². The third-order valence-corrected chi connectivity index (χ3v) is 5.13. The second kappa shape index (κ2) is 7.03. The number of rotatable bonds is 4. The third kappa shape index (κ3) is 3.85. The first kappa shape index (κ1) is 18.3. The molecule has 136 valence electrons. The Hall–Kier alpha value is -2.48. The molecule has 26 heavy (non-hydrogen) atoms. The fourth-order valence-electron chi connectivity index (χ4n) is 2.48. The lowest BCUT2D eigenvalue weighted by Gasteiger charge is -2.11. The molecule has 0 saturated carbocycles. The molecule has 0 N–H and O–H groups in total. The highest BCUT2D eigenvalue weighted by Gasteiger charge is 2.30. The number of aryl methyl sites for hydroxylation is 1. The van der Waals surface area contributed by atoms with Crippen molar-refractivity contribution in [3.05, 3.63) is 58.4 Å². The standard InChI is InChI=1S/C18H16F3N3OS/c1-10(12-4-6-13(7-5-12)18(19,20)21)15-9-22-17(26-15)14-8-16(25-3)24-11(2)23-14/h4-10H,1-3H3. The Labute approximate surface area is 152 Å². The summed E-state index contributed by atoms with van der Waals surface area (Å²) >= 11 is 1.45. The van der Waals surface area contributed by atoms with Crippen molar-refractivity contribution in [2.75, 3.05) is 7.11 Å². The SMILES string of the molecule is COc1cc(-c2ncc(C(C)c3ccc(C(F)(F)F)cc3)s2)nc(C)n1. The number of methoxy groups -OCH3 is 1. The van der Waals surface area contributed by atoms with Crippen LogP contribution in [0.1, 0.15) is 34.7 Å². The van der Waals surface area contributed by atoms with E-state index >= 15 is 0 Å². The Kier molecular flexibility index (Phi) is 4.95. The largest absolute Gasteiger partial charge is 0.481 e. The number of aromatic nitrogens is 3. The maximum atomic E-state index is 12.7. The molecule has 1 atom stereocenters. The molecule has 0 amide bonds. The lowest BCUT2D eigenvalue weighted by molar-refractivity contribution is -0.137. The Morgan fingerprint density at radius 2 is 1.81 bits per heavy atom. The highest BCUT2D eigenvalue weighted by Crippen LogP contribution is 2.35. The summed E-state index contributed by atoms with van der Waals surface area (Å²) in [5.74, 6) is 0.959. The van der Waals surface area contributed by atoms with E-state index in [2.05, 4.69) is 15.0 Å². The molecule has 0 bridgehead atoms. The number of alkyl halides is 3. The molecule has 3 aromatic rings. The molecule has 1 unspecified atom stereocenters. The van der Waals surface area contributed by atoms with Gasteiger partial charge in [0.25, 0.3) is 0 Å². The Morgan fingerprint density at radius 3 is 2.42 bits per heavy atom. The summed E-state index contributed by atoms with van der Waals surface area (Å²) in [5, 5.41) is 0.711. The number of benzene rings is 1. The fourth-order valence-corrected chi connectivity index (χ4v) is 3.44. The van der Waals surface area contributed by atoms with Crippen molar-refractivity contribution in [1.29, 1.82) is 0 Å². The first-order valence-corrected chi connectivity index (χ1v) is 8.62. The van der Waals surface area contributed by atoms with Crippen molar-refractivity contribution in [3.8, 4) is 16.6 Å². The van der Waals surface area contributed by atoms with Gasteiger partial charge < -0.3 is 4.74 Å². The van der Waals surface area contributed by atoms with Crippen LogP contribution in [0, 0.1) is 6.92 Å². The second-order valence-electron chi connectivity index (χ2n) is 5.75. The molecule has 0 aliphatic heterocycles. The Balaban J connectivity index is 1.86. The zero-order chi connectivity index (χ0) is 18.9. The number of thiazole rings is 1. The number of hydrogen-bond donors (Lipinski definition) is 0. The van der Waals surface area contributed by atoms with Gasteiger partial charge in [-0.05, 0) is 24.6 Å². The summed E-state index contributed by atoms with van der Waals surface area (Å²) in [6, 6.07) is 6.92. The van der Waals surface area contributed by atoms with Gasteiger partial charge in [-0.15, -0.1) is 11.3 Å². The molecule has 3 rings (SSSR count). The zero-order valence-electron chi connectivity index (χ0n) is 14.3. The van der Waals surface area contributed by atoms with Gasteiger partial charge in [0.2, 0.25) is 5.88 Å². The quantitative estimate of drug-likeness (QED) is 0.634. The van der Waals surface area contributed by atoms with Gasteiger partial charge in [0, 0.05) is 23.1 Å². The normalized spacial score (nSPS) is 12.8. The predicted octanol–water partition coefficient (Wildman–Crippen LogP) is 5.09. The van der Waals surface area contributed by atoms with E-state index in [0.717, 1.165) is 22.6 Å². The van der Waals surface area contributed by atoms with E-state index < -0.39 is 11.7 Å². The molecule has 0 fully saturated rings. The molecule has 2 aromatic heterocycles. The van der Waals surface area contributed by atoms with Crippen LogP contribution in [0.5, 0.6) is 5.88 Å². The molecular formula is C18H16F3N3OS. The van der Waals surface area contributed by atoms with Gasteiger partial charge in [0.1, 0.15) is 16.5 Å². The minimum atomic E-state index is -4.33. The topological polar surface area (TPSA) is 47.9 Å². The van der Waals surface area contributed by atoms with Crippen LogP contribution in [0.2, 0.25) is 0 Å². The molecule has 2 heterocycles. The summed E-state index contributed by atoms with van der Waals surface area (Å²) in [5.41, 5.74) is 0.803. The van der Waals surface area contributed by atoms with E-state index in [1.54, 1.807) is 19.2 Å². The molecule has 0 aliphatic carbocycles. The van der Waals surface area contributed by atoms with Crippen molar-refractivity contribution in [2.24, 2.45) is 0 Å². The summed E-state index contributed by atoms with van der Waals surface area (Å²) in [4.78, 5) is 13.9. The lowest BCUT2D eigenvalue weighted by Crippen LogP contribution is -2.05. The third-order valence-electron chi connectivity index (χ3n) is 3.93. The minimum absolute atomic E-state index is 0.0756. The highest BCUT2D eigenvalue weighted by atomic mass is 32.1. The summed E-state index contributed by atoms with van der Waals surface area (Å²) in [6.45, 7) is 3.71. The van der Waals surface area contributed by atoms with Crippen molar-refractivity contribution in [3.63, 3.8) is 0 Å². The number of ether oxygens (including phenoxy) is 1. The minimum Gasteiger partial charge on any atom is -0.481 e. The number of halogens is 3. The van der Waals surface area contributed by atoms with E-state index in [0.29, 0.717) is 22.4 Å². The smallest absolute Gasteiger partial charge is 0.416 e. The summed E-state index contributed by atoms with van der Waals surface area (Å²) < 4.78 is 43.2. The van der Waals surface area contributed by atoms with Gasteiger partial charge in [0.15, 0.2) is 0 Å². The predicted molar refractivity (Wildman–Crippen MR) is 93.4 cm³/mol. The molecule has 0 aliphatic rings. The molecule has 0 radical (unpaired) electrons. The van der Waals surface area contributed by atoms with E-state index in [4.69, 9.17) is 4.74 Å². The van der Waals surface area contributed by atoms with Crippen molar-refractivity contribution < 1.29 is 17.9 Å².